The molecule has 1 aromatic carbocycles. The molecular formula is C13H19ClN2O. The van der Waals surface area contributed by atoms with Gasteiger partial charge in [0.2, 0.25) is 0 Å². The second-order valence-electron chi connectivity index (χ2n) is 4.90. The highest BCUT2D eigenvalue weighted by Gasteiger charge is 2.32. The van der Waals surface area contributed by atoms with Gasteiger partial charge in [0.15, 0.2) is 0 Å². The summed E-state index contributed by atoms with van der Waals surface area (Å²) in [5.41, 5.74) is 7.66. The Morgan fingerprint density at radius 3 is 2.82 bits per heavy atom. The van der Waals surface area contributed by atoms with Gasteiger partial charge in [0.1, 0.15) is 5.75 Å². The van der Waals surface area contributed by atoms with Crippen molar-refractivity contribution < 1.29 is 5.11 Å². The third-order valence-electron chi connectivity index (χ3n) is 3.73. The highest BCUT2D eigenvalue weighted by molar-refractivity contribution is 6.31. The van der Waals surface area contributed by atoms with E-state index in [1.165, 1.54) is 0 Å². The van der Waals surface area contributed by atoms with Crippen LogP contribution in [0.2, 0.25) is 5.02 Å². The van der Waals surface area contributed by atoms with Gasteiger partial charge in [0.25, 0.3) is 0 Å². The maximum atomic E-state index is 10.0. The monoisotopic (exact) mass is 254 g/mol. The molecule has 3 nitrogen and oxygen atoms in total. The van der Waals surface area contributed by atoms with Crippen molar-refractivity contribution in [3.63, 3.8) is 0 Å². The second-order valence-corrected chi connectivity index (χ2v) is 5.31. The van der Waals surface area contributed by atoms with Crippen LogP contribution in [0.1, 0.15) is 23.6 Å². The van der Waals surface area contributed by atoms with Crippen LogP contribution < -0.4 is 5.73 Å². The highest BCUT2D eigenvalue weighted by atomic mass is 35.5. The smallest absolute Gasteiger partial charge is 0.120 e. The maximum absolute atomic E-state index is 10.0. The Kier molecular flexibility index (Phi) is 3.61. The molecule has 4 heteroatoms. The molecule has 0 amide bonds. The van der Waals surface area contributed by atoms with Gasteiger partial charge < -0.3 is 10.8 Å². The molecule has 2 unspecified atom stereocenters. The first-order valence-corrected chi connectivity index (χ1v) is 6.30. The molecule has 1 aliphatic heterocycles. The molecule has 1 aromatic rings. The number of halogens is 1. The Balaban J connectivity index is 2.37. The summed E-state index contributed by atoms with van der Waals surface area (Å²) < 4.78 is 0. The average molecular weight is 255 g/mol. The molecule has 0 saturated carbocycles. The molecule has 1 heterocycles. The molecule has 1 saturated heterocycles. The van der Waals surface area contributed by atoms with Crippen LogP contribution in [0.15, 0.2) is 12.1 Å². The van der Waals surface area contributed by atoms with Gasteiger partial charge in [-0.05, 0) is 50.6 Å². The molecule has 1 aliphatic rings. The van der Waals surface area contributed by atoms with Gasteiger partial charge in [-0.2, -0.15) is 0 Å². The van der Waals surface area contributed by atoms with Crippen molar-refractivity contribution in [2.24, 2.45) is 11.7 Å². The predicted molar refractivity (Wildman–Crippen MR) is 70.4 cm³/mol. The van der Waals surface area contributed by atoms with Crippen molar-refractivity contribution in [3.8, 4) is 5.75 Å². The van der Waals surface area contributed by atoms with Gasteiger partial charge in [0.05, 0.1) is 0 Å². The molecule has 2 atom stereocenters. The van der Waals surface area contributed by atoms with E-state index in [0.29, 0.717) is 23.2 Å². The van der Waals surface area contributed by atoms with Gasteiger partial charge in [-0.25, -0.2) is 0 Å². The van der Waals surface area contributed by atoms with Crippen molar-refractivity contribution in [2.45, 2.75) is 19.4 Å². The number of nitrogens with two attached hydrogens (primary N) is 1. The number of aromatic hydroxyl groups is 1. The first kappa shape index (κ1) is 12.7. The molecule has 0 aromatic heterocycles. The Bertz CT molecular complexity index is 422. The quantitative estimate of drug-likeness (QED) is 0.852. The van der Waals surface area contributed by atoms with Crippen LogP contribution in [-0.2, 0) is 0 Å². The van der Waals surface area contributed by atoms with E-state index in [2.05, 4.69) is 11.9 Å². The first-order valence-electron chi connectivity index (χ1n) is 5.92. The SMILES string of the molecule is Cc1c(Cl)ccc(O)c1C1CC(CN)CN1C. The van der Waals surface area contributed by atoms with Crippen LogP contribution in [0.25, 0.3) is 0 Å². The van der Waals surface area contributed by atoms with E-state index in [0.717, 1.165) is 24.1 Å². The fourth-order valence-corrected chi connectivity index (χ4v) is 2.89. The Labute approximate surface area is 107 Å². The molecule has 0 radical (unpaired) electrons. The van der Waals surface area contributed by atoms with Crippen LogP contribution in [0.3, 0.4) is 0 Å². The summed E-state index contributed by atoms with van der Waals surface area (Å²) in [4.78, 5) is 2.25. The van der Waals surface area contributed by atoms with Gasteiger partial charge in [-0.3, -0.25) is 4.90 Å². The third-order valence-corrected chi connectivity index (χ3v) is 4.14. The van der Waals surface area contributed by atoms with E-state index in [9.17, 15) is 5.11 Å². The van der Waals surface area contributed by atoms with Gasteiger partial charge in [-0.1, -0.05) is 11.6 Å². The highest BCUT2D eigenvalue weighted by Crippen LogP contribution is 2.41. The molecule has 0 aliphatic carbocycles. The van der Waals surface area contributed by atoms with Crippen molar-refractivity contribution in [1.82, 2.24) is 4.90 Å². The van der Waals surface area contributed by atoms with Crippen molar-refractivity contribution in [3.05, 3.63) is 28.3 Å². The minimum atomic E-state index is 0.224. The lowest BCUT2D eigenvalue weighted by Crippen LogP contribution is -2.21. The number of phenols is 1. The summed E-state index contributed by atoms with van der Waals surface area (Å²) in [6, 6.07) is 3.64. The average Bonchev–Trinajstić information content (AvgIpc) is 2.66. The van der Waals surface area contributed by atoms with Crippen LogP contribution in [0, 0.1) is 12.8 Å². The molecule has 94 valence electrons. The molecule has 2 rings (SSSR count). The van der Waals surface area contributed by atoms with Crippen molar-refractivity contribution >= 4 is 11.6 Å². The second kappa shape index (κ2) is 4.84. The zero-order valence-electron chi connectivity index (χ0n) is 10.3. The minimum absolute atomic E-state index is 0.224. The first-order chi connectivity index (χ1) is 8.04. The van der Waals surface area contributed by atoms with Crippen LogP contribution in [0.4, 0.5) is 0 Å². The van der Waals surface area contributed by atoms with E-state index < -0.39 is 0 Å². The predicted octanol–water partition coefficient (Wildman–Crippen LogP) is 2.31. The fraction of sp³-hybridized carbons (Fsp3) is 0.538. The van der Waals surface area contributed by atoms with E-state index in [1.807, 2.05) is 6.92 Å². The van der Waals surface area contributed by atoms with Gasteiger partial charge >= 0.3 is 0 Å². The minimum Gasteiger partial charge on any atom is -0.508 e. The molecular weight excluding hydrogens is 236 g/mol. The molecule has 3 N–H and O–H groups in total. The van der Waals surface area contributed by atoms with E-state index in [-0.39, 0.29) is 6.04 Å². The lowest BCUT2D eigenvalue weighted by atomic mass is 9.95. The normalized spacial score (nSPS) is 25.4. The summed E-state index contributed by atoms with van der Waals surface area (Å²) >= 11 is 6.13. The Hall–Kier alpha value is -0.770. The molecule has 0 bridgehead atoms. The maximum Gasteiger partial charge on any atom is 0.120 e. The van der Waals surface area contributed by atoms with Gasteiger partial charge in [-0.15, -0.1) is 0 Å². The van der Waals surface area contributed by atoms with Crippen LogP contribution >= 0.6 is 11.6 Å². The number of likely N-dealkylation sites (tertiary alicyclic amines) is 1. The van der Waals surface area contributed by atoms with Crippen molar-refractivity contribution in [1.29, 1.82) is 0 Å². The zero-order valence-corrected chi connectivity index (χ0v) is 11.0. The number of rotatable bonds is 2. The van der Waals surface area contributed by atoms with E-state index in [1.54, 1.807) is 12.1 Å². The summed E-state index contributed by atoms with van der Waals surface area (Å²) in [6.45, 7) is 3.63. The summed E-state index contributed by atoms with van der Waals surface area (Å²) in [6.07, 6.45) is 0.988. The zero-order chi connectivity index (χ0) is 12.6. The van der Waals surface area contributed by atoms with Crippen molar-refractivity contribution in [2.75, 3.05) is 20.1 Å². The third kappa shape index (κ3) is 2.28. The standard InChI is InChI=1S/C13H19ClN2O/c1-8-10(14)3-4-12(17)13(8)11-5-9(6-15)7-16(11)2/h3-4,9,11,17H,5-7,15H2,1-2H3. The topological polar surface area (TPSA) is 49.5 Å². The number of hydrogen-bond acceptors (Lipinski definition) is 3. The largest absolute Gasteiger partial charge is 0.508 e. The molecule has 1 fully saturated rings. The van der Waals surface area contributed by atoms with Crippen LogP contribution in [-0.4, -0.2) is 30.1 Å². The Morgan fingerprint density at radius 1 is 1.53 bits per heavy atom. The summed E-state index contributed by atoms with van der Waals surface area (Å²) in [5, 5.41) is 10.7. The Morgan fingerprint density at radius 2 is 2.24 bits per heavy atom. The van der Waals surface area contributed by atoms with E-state index in [4.69, 9.17) is 17.3 Å². The number of hydrogen-bond donors (Lipinski definition) is 2. The molecule has 17 heavy (non-hydrogen) atoms. The molecule has 0 spiro atoms. The van der Waals surface area contributed by atoms with E-state index >= 15 is 0 Å². The summed E-state index contributed by atoms with van der Waals surface area (Å²) in [5.74, 6) is 0.837. The van der Waals surface area contributed by atoms with Gasteiger partial charge in [0, 0.05) is 23.2 Å². The van der Waals surface area contributed by atoms with Crippen LogP contribution in [0.5, 0.6) is 5.75 Å². The number of phenolic OH excluding ortho intramolecular Hbond substituents is 1. The number of benzene rings is 1. The summed E-state index contributed by atoms with van der Waals surface area (Å²) in [7, 11) is 2.07. The number of nitrogens with zero attached hydrogens (tertiary/aromatic N) is 1. The lowest BCUT2D eigenvalue weighted by molar-refractivity contribution is 0.305. The lowest BCUT2D eigenvalue weighted by Gasteiger charge is -2.23. The fourth-order valence-electron chi connectivity index (χ4n) is 2.72.